The second kappa shape index (κ2) is 9.27. The molecule has 1 amide bonds. The van der Waals surface area contributed by atoms with E-state index < -0.39 is 0 Å². The Kier molecular flexibility index (Phi) is 5.88. The molecule has 4 aromatic rings. The molecule has 3 aromatic carbocycles. The molecule has 1 saturated heterocycles. The van der Waals surface area contributed by atoms with E-state index in [4.69, 9.17) is 4.74 Å². The maximum absolute atomic E-state index is 12.7. The molecule has 0 spiro atoms. The maximum Gasteiger partial charge on any atom is 0.260 e. The number of imidazole rings is 1. The Morgan fingerprint density at radius 1 is 0.938 bits per heavy atom. The van der Waals surface area contributed by atoms with E-state index in [0.717, 1.165) is 55.0 Å². The van der Waals surface area contributed by atoms with Crippen LogP contribution in [0.5, 0.6) is 5.75 Å². The summed E-state index contributed by atoms with van der Waals surface area (Å²) in [5.74, 6) is 2.34. The molecule has 5 nitrogen and oxygen atoms in total. The summed E-state index contributed by atoms with van der Waals surface area (Å²) in [4.78, 5) is 19.2. The van der Waals surface area contributed by atoms with Crippen molar-refractivity contribution in [1.82, 2.24) is 14.5 Å². The third-order valence-electron chi connectivity index (χ3n) is 6.25. The topological polar surface area (TPSA) is 47.4 Å². The van der Waals surface area contributed by atoms with E-state index in [1.54, 1.807) is 0 Å². The molecule has 1 aromatic heterocycles. The molecule has 1 aliphatic heterocycles. The average molecular weight is 426 g/mol. The lowest BCUT2D eigenvalue weighted by Gasteiger charge is -2.32. The number of likely N-dealkylation sites (tertiary alicyclic amines) is 1. The number of amides is 1. The number of hydrogen-bond acceptors (Lipinski definition) is 3. The molecular weight excluding hydrogens is 398 g/mol. The molecule has 5 rings (SSSR count). The average Bonchev–Trinajstić information content (AvgIpc) is 3.31. The molecule has 0 unspecified atom stereocenters. The van der Waals surface area contributed by atoms with Crippen LogP contribution in [0.1, 0.15) is 12.8 Å². The quantitative estimate of drug-likeness (QED) is 0.436. The first-order valence-corrected chi connectivity index (χ1v) is 11.2. The van der Waals surface area contributed by atoms with E-state index in [-0.39, 0.29) is 12.5 Å². The van der Waals surface area contributed by atoms with Crippen molar-refractivity contribution in [3.8, 4) is 17.1 Å². The lowest BCUT2D eigenvalue weighted by Crippen LogP contribution is -2.41. The second-order valence-corrected chi connectivity index (χ2v) is 8.39. The van der Waals surface area contributed by atoms with Crippen molar-refractivity contribution in [2.24, 2.45) is 5.92 Å². The number of benzene rings is 3. The molecular formula is C27H27N3O2. The summed E-state index contributed by atoms with van der Waals surface area (Å²) in [5.41, 5.74) is 1.14. The second-order valence-electron chi connectivity index (χ2n) is 8.39. The summed E-state index contributed by atoms with van der Waals surface area (Å²) in [6, 6.07) is 24.4. The van der Waals surface area contributed by atoms with Crippen molar-refractivity contribution in [3.05, 3.63) is 85.2 Å². The van der Waals surface area contributed by atoms with Crippen molar-refractivity contribution in [2.45, 2.75) is 19.4 Å². The highest BCUT2D eigenvalue weighted by Gasteiger charge is 2.24. The van der Waals surface area contributed by atoms with E-state index >= 15 is 0 Å². The monoisotopic (exact) mass is 425 g/mol. The van der Waals surface area contributed by atoms with E-state index in [1.165, 1.54) is 5.39 Å². The zero-order valence-corrected chi connectivity index (χ0v) is 18.1. The number of rotatable bonds is 6. The standard InChI is InChI=1S/C27H27N3O2/c31-26(20-32-25-11-10-22-6-4-5-9-24(22)18-25)29-15-12-21(13-16-29)19-30-17-14-28-27(30)23-7-2-1-3-8-23/h1-11,14,17-18,21H,12-13,15-16,19-20H2. The summed E-state index contributed by atoms with van der Waals surface area (Å²) >= 11 is 0. The van der Waals surface area contributed by atoms with Gasteiger partial charge in [-0.3, -0.25) is 4.79 Å². The lowest BCUT2D eigenvalue weighted by molar-refractivity contribution is -0.134. The molecule has 0 N–H and O–H groups in total. The maximum atomic E-state index is 12.7. The third-order valence-corrected chi connectivity index (χ3v) is 6.25. The van der Waals surface area contributed by atoms with Crippen molar-refractivity contribution >= 4 is 16.7 Å². The molecule has 1 aliphatic rings. The molecule has 162 valence electrons. The van der Waals surface area contributed by atoms with Gasteiger partial charge in [0.1, 0.15) is 11.6 Å². The van der Waals surface area contributed by atoms with Crippen LogP contribution in [-0.4, -0.2) is 40.1 Å². The van der Waals surface area contributed by atoms with Gasteiger partial charge in [-0.05, 0) is 41.7 Å². The zero-order chi connectivity index (χ0) is 21.8. The molecule has 0 radical (unpaired) electrons. The fourth-order valence-corrected chi connectivity index (χ4v) is 4.44. The van der Waals surface area contributed by atoms with Crippen LogP contribution in [0.15, 0.2) is 85.2 Å². The van der Waals surface area contributed by atoms with Gasteiger partial charge in [-0.2, -0.15) is 0 Å². The predicted molar refractivity (Wildman–Crippen MR) is 126 cm³/mol. The Balaban J connectivity index is 1.13. The van der Waals surface area contributed by atoms with Crippen molar-refractivity contribution in [2.75, 3.05) is 19.7 Å². The molecule has 0 saturated carbocycles. The number of fused-ring (bicyclic) bond motifs is 1. The normalized spacial score (nSPS) is 14.6. The van der Waals surface area contributed by atoms with Crippen LogP contribution in [0, 0.1) is 5.92 Å². The molecule has 0 aliphatic carbocycles. The SMILES string of the molecule is O=C(COc1ccc2ccccc2c1)N1CCC(Cn2ccnc2-c2ccccc2)CC1. The summed E-state index contributed by atoms with van der Waals surface area (Å²) in [6.45, 7) is 2.57. The summed E-state index contributed by atoms with van der Waals surface area (Å²) in [5, 5.41) is 2.29. The Hall–Kier alpha value is -3.60. The first-order chi connectivity index (χ1) is 15.8. The highest BCUT2D eigenvalue weighted by atomic mass is 16.5. The van der Waals surface area contributed by atoms with Gasteiger partial charge in [0.2, 0.25) is 0 Å². The molecule has 1 fully saturated rings. The summed E-state index contributed by atoms with van der Waals surface area (Å²) in [6.07, 6.45) is 5.91. The fourth-order valence-electron chi connectivity index (χ4n) is 4.44. The third kappa shape index (κ3) is 4.52. The smallest absolute Gasteiger partial charge is 0.260 e. The van der Waals surface area contributed by atoms with Gasteiger partial charge < -0.3 is 14.2 Å². The molecule has 2 heterocycles. The molecule has 0 bridgehead atoms. The minimum Gasteiger partial charge on any atom is -0.484 e. The predicted octanol–water partition coefficient (Wildman–Crippen LogP) is 5.02. The Morgan fingerprint density at radius 2 is 1.69 bits per heavy atom. The number of piperidine rings is 1. The highest BCUT2D eigenvalue weighted by molar-refractivity contribution is 5.84. The minimum absolute atomic E-state index is 0.0595. The summed E-state index contributed by atoms with van der Waals surface area (Å²) in [7, 11) is 0. The Labute approximate surface area is 188 Å². The van der Waals surface area contributed by atoms with Crippen LogP contribution < -0.4 is 4.74 Å². The van der Waals surface area contributed by atoms with Crippen LogP contribution in [0.2, 0.25) is 0 Å². The van der Waals surface area contributed by atoms with Gasteiger partial charge in [0.25, 0.3) is 5.91 Å². The van der Waals surface area contributed by atoms with Crippen molar-refractivity contribution in [1.29, 1.82) is 0 Å². The van der Waals surface area contributed by atoms with Gasteiger partial charge in [0.05, 0.1) is 0 Å². The molecule has 5 heteroatoms. The first-order valence-electron chi connectivity index (χ1n) is 11.2. The molecule has 0 atom stereocenters. The Morgan fingerprint density at radius 3 is 2.50 bits per heavy atom. The van der Waals surface area contributed by atoms with E-state index in [0.29, 0.717) is 5.92 Å². The van der Waals surface area contributed by atoms with Gasteiger partial charge >= 0.3 is 0 Å². The highest BCUT2D eigenvalue weighted by Crippen LogP contribution is 2.24. The van der Waals surface area contributed by atoms with Gasteiger partial charge in [0, 0.05) is 37.6 Å². The van der Waals surface area contributed by atoms with E-state index in [1.807, 2.05) is 59.6 Å². The van der Waals surface area contributed by atoms with Crippen molar-refractivity contribution < 1.29 is 9.53 Å². The van der Waals surface area contributed by atoms with E-state index in [2.05, 4.69) is 40.0 Å². The summed E-state index contributed by atoms with van der Waals surface area (Å²) < 4.78 is 8.04. The van der Waals surface area contributed by atoms with Crippen LogP contribution in [0.4, 0.5) is 0 Å². The number of nitrogens with zero attached hydrogens (tertiary/aromatic N) is 3. The molecule has 32 heavy (non-hydrogen) atoms. The number of carbonyl (C=O) groups excluding carboxylic acids is 1. The zero-order valence-electron chi connectivity index (χ0n) is 18.1. The number of carbonyl (C=O) groups is 1. The van der Waals surface area contributed by atoms with Crippen LogP contribution in [-0.2, 0) is 11.3 Å². The number of ether oxygens (including phenoxy) is 1. The van der Waals surface area contributed by atoms with Crippen LogP contribution in [0.3, 0.4) is 0 Å². The largest absolute Gasteiger partial charge is 0.484 e. The van der Waals surface area contributed by atoms with Crippen LogP contribution in [0.25, 0.3) is 22.2 Å². The van der Waals surface area contributed by atoms with Gasteiger partial charge in [-0.15, -0.1) is 0 Å². The first kappa shape index (κ1) is 20.3. The van der Waals surface area contributed by atoms with Gasteiger partial charge in [-0.1, -0.05) is 60.7 Å². The Bertz CT molecular complexity index is 1190. The minimum atomic E-state index is 0.0595. The van der Waals surface area contributed by atoms with Crippen LogP contribution >= 0.6 is 0 Å². The van der Waals surface area contributed by atoms with Crippen molar-refractivity contribution in [3.63, 3.8) is 0 Å². The van der Waals surface area contributed by atoms with E-state index in [9.17, 15) is 4.79 Å². The fraction of sp³-hybridized carbons (Fsp3) is 0.259. The van der Waals surface area contributed by atoms with Gasteiger partial charge in [-0.25, -0.2) is 4.98 Å². The lowest BCUT2D eigenvalue weighted by atomic mass is 9.96. The number of aromatic nitrogens is 2. The van der Waals surface area contributed by atoms with Gasteiger partial charge in [0.15, 0.2) is 6.61 Å². The number of hydrogen-bond donors (Lipinski definition) is 0.